The molecule has 128 valence electrons. The van der Waals surface area contributed by atoms with Gasteiger partial charge in [0.05, 0.1) is 23.2 Å². The zero-order valence-electron chi connectivity index (χ0n) is 13.9. The van der Waals surface area contributed by atoms with Crippen LogP contribution in [0.15, 0.2) is 12.4 Å². The maximum absolute atomic E-state index is 10.9. The first kappa shape index (κ1) is 15.9. The van der Waals surface area contributed by atoms with Gasteiger partial charge in [0.2, 0.25) is 0 Å². The van der Waals surface area contributed by atoms with Crippen LogP contribution in [0.5, 0.6) is 0 Å². The summed E-state index contributed by atoms with van der Waals surface area (Å²) in [5, 5.41) is 22.6. The summed E-state index contributed by atoms with van der Waals surface area (Å²) >= 11 is 2.03. The first-order chi connectivity index (χ1) is 11.1. The molecule has 7 atom stereocenters. The van der Waals surface area contributed by atoms with Crippen LogP contribution in [0.25, 0.3) is 0 Å². The van der Waals surface area contributed by atoms with E-state index in [0.717, 1.165) is 32.4 Å². The lowest BCUT2D eigenvalue weighted by molar-refractivity contribution is -0.0503. The number of nitrogens with zero attached hydrogens (tertiary/aromatic N) is 1. The molecule has 6 heteroatoms. The van der Waals surface area contributed by atoms with Gasteiger partial charge in [-0.05, 0) is 32.1 Å². The van der Waals surface area contributed by atoms with E-state index in [9.17, 15) is 5.11 Å². The number of hydrogen-bond donors (Lipinski definition) is 3. The van der Waals surface area contributed by atoms with Crippen molar-refractivity contribution in [2.75, 3.05) is 13.2 Å². The molecule has 3 aliphatic rings. The van der Waals surface area contributed by atoms with Gasteiger partial charge in [0.15, 0.2) is 0 Å². The van der Waals surface area contributed by atoms with Crippen molar-refractivity contribution in [3.05, 3.63) is 18.0 Å². The second-order valence-electron chi connectivity index (χ2n) is 7.44. The molecule has 3 saturated heterocycles. The molecule has 23 heavy (non-hydrogen) atoms. The minimum atomic E-state index is -0.650. The molecule has 3 fully saturated rings. The third-order valence-electron chi connectivity index (χ3n) is 6.12. The lowest BCUT2D eigenvalue weighted by atomic mass is 9.69. The summed E-state index contributed by atoms with van der Waals surface area (Å²) in [5.74, 6) is 1.01. The van der Waals surface area contributed by atoms with Crippen LogP contribution in [0.4, 0.5) is 0 Å². The van der Waals surface area contributed by atoms with Gasteiger partial charge in [-0.15, -0.1) is 11.8 Å². The van der Waals surface area contributed by atoms with E-state index in [-0.39, 0.29) is 12.1 Å². The minimum Gasteiger partial charge on any atom is -0.389 e. The number of aromatic nitrogens is 2. The van der Waals surface area contributed by atoms with Crippen LogP contribution >= 0.6 is 11.8 Å². The largest absolute Gasteiger partial charge is 0.389 e. The molecule has 0 radical (unpaired) electrons. The van der Waals surface area contributed by atoms with E-state index in [1.807, 2.05) is 31.1 Å². The van der Waals surface area contributed by atoms with Crippen LogP contribution < -0.4 is 5.32 Å². The number of piperidine rings is 1. The maximum Gasteiger partial charge on any atom is 0.0778 e. The monoisotopic (exact) mass is 337 g/mol. The van der Waals surface area contributed by atoms with Crippen molar-refractivity contribution in [3.8, 4) is 0 Å². The molecule has 0 bridgehead atoms. The summed E-state index contributed by atoms with van der Waals surface area (Å²) in [4.78, 5) is 0. The van der Waals surface area contributed by atoms with E-state index in [4.69, 9.17) is 4.74 Å². The van der Waals surface area contributed by atoms with Crippen molar-refractivity contribution in [3.63, 3.8) is 0 Å². The number of aromatic amines is 1. The molecule has 1 aromatic rings. The number of hydrogen-bond acceptors (Lipinski definition) is 5. The van der Waals surface area contributed by atoms with E-state index in [0.29, 0.717) is 22.3 Å². The van der Waals surface area contributed by atoms with E-state index in [1.165, 1.54) is 5.56 Å². The Hall–Kier alpha value is -0.560. The molecule has 0 spiro atoms. The van der Waals surface area contributed by atoms with Gasteiger partial charge in [0.1, 0.15) is 0 Å². The maximum atomic E-state index is 10.9. The van der Waals surface area contributed by atoms with Crippen LogP contribution in [0.3, 0.4) is 0 Å². The van der Waals surface area contributed by atoms with Gasteiger partial charge < -0.3 is 15.2 Å². The SMILES string of the molecule is CC[C@@](C)(O)C1NCC2SC(c3cn[nH]c3)C3OCCCC1C23. The van der Waals surface area contributed by atoms with Crippen molar-refractivity contribution in [2.45, 2.75) is 61.4 Å². The van der Waals surface area contributed by atoms with E-state index >= 15 is 0 Å². The molecule has 0 saturated carbocycles. The molecule has 6 unspecified atom stereocenters. The molecule has 3 aliphatic heterocycles. The number of rotatable bonds is 3. The van der Waals surface area contributed by atoms with Crippen molar-refractivity contribution in [1.82, 2.24) is 15.5 Å². The Bertz CT molecular complexity index is 536. The summed E-state index contributed by atoms with van der Waals surface area (Å²) < 4.78 is 6.32. The van der Waals surface area contributed by atoms with Crippen LogP contribution in [-0.2, 0) is 4.74 Å². The highest BCUT2D eigenvalue weighted by molar-refractivity contribution is 8.00. The Morgan fingerprint density at radius 2 is 2.39 bits per heavy atom. The Morgan fingerprint density at radius 1 is 1.52 bits per heavy atom. The van der Waals surface area contributed by atoms with Crippen LogP contribution in [-0.4, -0.2) is 51.5 Å². The summed E-state index contributed by atoms with van der Waals surface area (Å²) in [6.45, 7) is 5.86. The fourth-order valence-electron chi connectivity index (χ4n) is 4.77. The number of ether oxygens (including phenoxy) is 1. The quantitative estimate of drug-likeness (QED) is 0.788. The molecule has 1 aromatic heterocycles. The Balaban J connectivity index is 1.66. The first-order valence-corrected chi connectivity index (χ1v) is 9.77. The van der Waals surface area contributed by atoms with Crippen molar-refractivity contribution >= 4 is 11.8 Å². The normalized spacial score (nSPS) is 42.7. The highest BCUT2D eigenvalue weighted by Crippen LogP contribution is 2.56. The molecule has 3 N–H and O–H groups in total. The third kappa shape index (κ3) is 2.64. The topological polar surface area (TPSA) is 70.2 Å². The molecule has 4 heterocycles. The fraction of sp³-hybridized carbons (Fsp3) is 0.824. The zero-order valence-corrected chi connectivity index (χ0v) is 14.7. The molecule has 5 nitrogen and oxygen atoms in total. The molecule has 4 rings (SSSR count). The van der Waals surface area contributed by atoms with Gasteiger partial charge in [-0.25, -0.2) is 0 Å². The highest BCUT2D eigenvalue weighted by Gasteiger charge is 2.56. The molecule has 0 amide bonds. The van der Waals surface area contributed by atoms with Gasteiger partial charge in [-0.1, -0.05) is 6.92 Å². The Labute approximate surface area is 142 Å². The number of aliphatic hydroxyl groups is 1. The third-order valence-corrected chi connectivity index (χ3v) is 7.78. The van der Waals surface area contributed by atoms with Gasteiger partial charge in [-0.3, -0.25) is 5.10 Å². The summed E-state index contributed by atoms with van der Waals surface area (Å²) in [6.07, 6.45) is 7.20. The van der Waals surface area contributed by atoms with Gasteiger partial charge >= 0.3 is 0 Å². The lowest BCUT2D eigenvalue weighted by Crippen LogP contribution is -2.61. The summed E-state index contributed by atoms with van der Waals surface area (Å²) in [5.41, 5.74) is 0.594. The van der Waals surface area contributed by atoms with E-state index < -0.39 is 5.60 Å². The Kier molecular flexibility index (Phi) is 4.20. The number of nitrogens with one attached hydrogen (secondary N) is 2. The number of H-pyrrole nitrogens is 1. The average Bonchev–Trinajstić information content (AvgIpc) is 3.13. The molecular formula is C17H27N3O2S. The van der Waals surface area contributed by atoms with E-state index in [1.54, 1.807) is 0 Å². The van der Waals surface area contributed by atoms with Gasteiger partial charge in [0, 0.05) is 42.1 Å². The van der Waals surface area contributed by atoms with Crippen LogP contribution in [0.2, 0.25) is 0 Å². The van der Waals surface area contributed by atoms with Crippen molar-refractivity contribution < 1.29 is 9.84 Å². The van der Waals surface area contributed by atoms with Crippen molar-refractivity contribution in [2.24, 2.45) is 11.8 Å². The first-order valence-electron chi connectivity index (χ1n) is 8.83. The molecule has 0 aliphatic carbocycles. The van der Waals surface area contributed by atoms with Crippen LogP contribution in [0, 0.1) is 11.8 Å². The standard InChI is InChI=1S/C17H27N3O2S/c1-3-17(2,21)16-11-5-4-6-22-14-13(11)12(9-18-16)23-15(14)10-7-19-20-8-10/h7-8,11-16,18,21H,3-6,9H2,1-2H3,(H,19,20)/t11?,12?,13?,14?,15?,16?,17-/m1/s1. The predicted octanol–water partition coefficient (Wildman–Crippen LogP) is 2.11. The van der Waals surface area contributed by atoms with Gasteiger partial charge in [-0.2, -0.15) is 5.10 Å². The highest BCUT2D eigenvalue weighted by atomic mass is 32.2. The Morgan fingerprint density at radius 3 is 3.13 bits per heavy atom. The fourth-order valence-corrected chi connectivity index (χ4v) is 6.58. The van der Waals surface area contributed by atoms with Crippen LogP contribution in [0.1, 0.15) is 43.9 Å². The lowest BCUT2D eigenvalue weighted by Gasteiger charge is -2.47. The van der Waals surface area contributed by atoms with Crippen molar-refractivity contribution in [1.29, 1.82) is 0 Å². The second kappa shape index (κ2) is 6.06. The van der Waals surface area contributed by atoms with E-state index in [2.05, 4.69) is 22.4 Å². The molecule has 0 aromatic carbocycles. The predicted molar refractivity (Wildman–Crippen MR) is 91.4 cm³/mol. The summed E-state index contributed by atoms with van der Waals surface area (Å²) in [6, 6.07) is 0.168. The average molecular weight is 337 g/mol. The number of thioether (sulfide) groups is 1. The minimum absolute atomic E-state index is 0.168. The van der Waals surface area contributed by atoms with Gasteiger partial charge in [0.25, 0.3) is 0 Å². The smallest absolute Gasteiger partial charge is 0.0778 e. The zero-order chi connectivity index (χ0) is 16.0. The second-order valence-corrected chi connectivity index (χ2v) is 8.83. The molecular weight excluding hydrogens is 310 g/mol. The summed E-state index contributed by atoms with van der Waals surface area (Å²) in [7, 11) is 0.